The number of amides is 1. The molecule has 0 aliphatic carbocycles. The zero-order valence-electron chi connectivity index (χ0n) is 11.2. The van der Waals surface area contributed by atoms with Crippen LogP contribution in [0, 0.1) is 0 Å². The second-order valence-electron chi connectivity index (χ2n) is 5.01. The molecular formula is C14H19ClN4O. The van der Waals surface area contributed by atoms with Gasteiger partial charge in [-0.15, -0.1) is 12.4 Å². The van der Waals surface area contributed by atoms with E-state index in [2.05, 4.69) is 20.8 Å². The maximum Gasteiger partial charge on any atom is 0.226 e. The topological polar surface area (TPSA) is 69.8 Å². The van der Waals surface area contributed by atoms with Crippen molar-refractivity contribution in [3.8, 4) is 0 Å². The molecule has 3 N–H and O–H groups in total. The first-order chi connectivity index (χ1) is 9.33. The highest BCUT2D eigenvalue weighted by Crippen LogP contribution is 2.15. The number of carbonyl (C=O) groups is 1. The van der Waals surface area contributed by atoms with Gasteiger partial charge < -0.3 is 10.6 Å². The fraction of sp³-hybridized carbons (Fsp3) is 0.429. The number of fused-ring (bicyclic) bond motifs is 1. The third kappa shape index (κ3) is 3.29. The van der Waals surface area contributed by atoms with Crippen molar-refractivity contribution >= 4 is 29.2 Å². The number of hydrogen-bond donors (Lipinski definition) is 3. The van der Waals surface area contributed by atoms with Crippen LogP contribution in [0.3, 0.4) is 0 Å². The number of para-hydroxylation sites is 1. The number of benzene rings is 1. The molecule has 1 aromatic carbocycles. The Morgan fingerprint density at radius 3 is 3.05 bits per heavy atom. The van der Waals surface area contributed by atoms with Gasteiger partial charge in [0.25, 0.3) is 0 Å². The summed E-state index contributed by atoms with van der Waals surface area (Å²) in [4.78, 5) is 12.0. The summed E-state index contributed by atoms with van der Waals surface area (Å²) >= 11 is 0. The van der Waals surface area contributed by atoms with Crippen LogP contribution in [0.4, 0.5) is 0 Å². The number of nitrogens with zero attached hydrogens (tertiary/aromatic N) is 1. The predicted octanol–water partition coefficient (Wildman–Crippen LogP) is 1.40. The van der Waals surface area contributed by atoms with Crippen molar-refractivity contribution < 1.29 is 4.79 Å². The van der Waals surface area contributed by atoms with E-state index in [9.17, 15) is 4.79 Å². The Bertz CT molecular complexity index is 577. The standard InChI is InChI=1S/C14H18N4O.ClH/c19-14(16-10-4-3-7-15-9-10)8-13-11-5-1-2-6-12(11)17-18-13;/h1-2,5-6,10,15H,3-4,7-9H2,(H,16,19)(H,17,18);1H/t10-;/m0./s1. The maximum atomic E-state index is 12.0. The lowest BCUT2D eigenvalue weighted by atomic mass is 10.1. The molecule has 3 rings (SSSR count). The maximum absolute atomic E-state index is 12.0. The largest absolute Gasteiger partial charge is 0.352 e. The van der Waals surface area contributed by atoms with Crippen molar-refractivity contribution in [1.82, 2.24) is 20.8 Å². The number of piperidine rings is 1. The quantitative estimate of drug-likeness (QED) is 0.801. The number of hydrogen-bond acceptors (Lipinski definition) is 3. The van der Waals surface area contributed by atoms with Crippen molar-refractivity contribution in [3.63, 3.8) is 0 Å². The first-order valence-corrected chi connectivity index (χ1v) is 6.75. The van der Waals surface area contributed by atoms with Gasteiger partial charge in [0.2, 0.25) is 5.91 Å². The molecule has 1 aliphatic rings. The Hall–Kier alpha value is -1.59. The summed E-state index contributed by atoms with van der Waals surface area (Å²) in [5.41, 5.74) is 1.79. The minimum Gasteiger partial charge on any atom is -0.352 e. The molecule has 108 valence electrons. The molecule has 6 heteroatoms. The first kappa shape index (κ1) is 14.8. The molecule has 0 bridgehead atoms. The molecule has 1 atom stereocenters. The highest BCUT2D eigenvalue weighted by atomic mass is 35.5. The van der Waals surface area contributed by atoms with Crippen LogP contribution in [0.1, 0.15) is 18.5 Å². The molecule has 2 aromatic rings. The Balaban J connectivity index is 0.00000147. The minimum atomic E-state index is 0. The number of halogens is 1. The van der Waals surface area contributed by atoms with Crippen LogP contribution in [-0.2, 0) is 11.2 Å². The van der Waals surface area contributed by atoms with Crippen molar-refractivity contribution in [3.05, 3.63) is 30.0 Å². The van der Waals surface area contributed by atoms with E-state index in [4.69, 9.17) is 0 Å². The molecule has 1 amide bonds. The van der Waals surface area contributed by atoms with E-state index in [-0.39, 0.29) is 24.4 Å². The SMILES string of the molecule is Cl.O=C(Cc1[nH]nc2ccccc12)N[C@H]1CCCNC1. The van der Waals surface area contributed by atoms with Crippen molar-refractivity contribution in [2.75, 3.05) is 13.1 Å². The Morgan fingerprint density at radius 2 is 2.25 bits per heavy atom. The van der Waals surface area contributed by atoms with Crippen LogP contribution in [0.5, 0.6) is 0 Å². The second kappa shape index (κ2) is 6.72. The number of carbonyl (C=O) groups excluding carboxylic acids is 1. The Morgan fingerprint density at radius 1 is 1.40 bits per heavy atom. The normalized spacial score (nSPS) is 18.5. The van der Waals surface area contributed by atoms with Gasteiger partial charge in [0, 0.05) is 18.0 Å². The molecule has 1 saturated heterocycles. The van der Waals surface area contributed by atoms with Gasteiger partial charge in [-0.1, -0.05) is 18.2 Å². The number of nitrogens with one attached hydrogen (secondary N) is 3. The molecule has 1 fully saturated rings. The first-order valence-electron chi connectivity index (χ1n) is 6.75. The molecular weight excluding hydrogens is 276 g/mol. The zero-order chi connectivity index (χ0) is 13.1. The third-order valence-electron chi connectivity index (χ3n) is 3.54. The summed E-state index contributed by atoms with van der Waals surface area (Å²) in [5.74, 6) is 0.0584. The molecule has 0 saturated carbocycles. The summed E-state index contributed by atoms with van der Waals surface area (Å²) in [6, 6.07) is 8.10. The second-order valence-corrected chi connectivity index (χ2v) is 5.01. The average molecular weight is 295 g/mol. The van der Waals surface area contributed by atoms with Gasteiger partial charge in [0.1, 0.15) is 0 Å². The molecule has 0 radical (unpaired) electrons. The Kier molecular flexibility index (Phi) is 4.98. The molecule has 20 heavy (non-hydrogen) atoms. The Labute approximate surface area is 123 Å². The smallest absolute Gasteiger partial charge is 0.226 e. The van der Waals surface area contributed by atoms with Gasteiger partial charge in [-0.05, 0) is 25.5 Å². The molecule has 0 unspecified atom stereocenters. The minimum absolute atomic E-state index is 0. The number of aromatic amines is 1. The van der Waals surface area contributed by atoms with Crippen LogP contribution in [0.15, 0.2) is 24.3 Å². The van der Waals surface area contributed by atoms with E-state index in [0.29, 0.717) is 6.42 Å². The van der Waals surface area contributed by atoms with Crippen molar-refractivity contribution in [2.24, 2.45) is 0 Å². The van der Waals surface area contributed by atoms with Gasteiger partial charge in [0.15, 0.2) is 0 Å². The fourth-order valence-corrected chi connectivity index (χ4v) is 2.56. The van der Waals surface area contributed by atoms with Crippen molar-refractivity contribution in [2.45, 2.75) is 25.3 Å². The highest BCUT2D eigenvalue weighted by molar-refractivity contribution is 5.87. The van der Waals surface area contributed by atoms with Gasteiger partial charge in [-0.3, -0.25) is 9.89 Å². The van der Waals surface area contributed by atoms with E-state index in [1.54, 1.807) is 0 Å². The molecule has 1 aromatic heterocycles. The monoisotopic (exact) mass is 294 g/mol. The van der Waals surface area contributed by atoms with E-state index in [0.717, 1.165) is 42.5 Å². The fourth-order valence-electron chi connectivity index (χ4n) is 2.56. The van der Waals surface area contributed by atoms with Gasteiger partial charge in [-0.25, -0.2) is 0 Å². The lowest BCUT2D eigenvalue weighted by molar-refractivity contribution is -0.121. The molecule has 2 heterocycles. The van der Waals surface area contributed by atoms with E-state index in [1.165, 1.54) is 0 Å². The molecule has 5 nitrogen and oxygen atoms in total. The zero-order valence-corrected chi connectivity index (χ0v) is 12.0. The van der Waals surface area contributed by atoms with E-state index in [1.807, 2.05) is 24.3 Å². The summed E-state index contributed by atoms with van der Waals surface area (Å²) in [5, 5.41) is 14.6. The van der Waals surface area contributed by atoms with Crippen LogP contribution >= 0.6 is 12.4 Å². The van der Waals surface area contributed by atoms with Crippen LogP contribution < -0.4 is 10.6 Å². The lowest BCUT2D eigenvalue weighted by Gasteiger charge is -2.23. The van der Waals surface area contributed by atoms with E-state index < -0.39 is 0 Å². The van der Waals surface area contributed by atoms with Crippen LogP contribution in [-0.4, -0.2) is 35.2 Å². The number of H-pyrrole nitrogens is 1. The van der Waals surface area contributed by atoms with E-state index >= 15 is 0 Å². The van der Waals surface area contributed by atoms with Crippen LogP contribution in [0.2, 0.25) is 0 Å². The van der Waals surface area contributed by atoms with Gasteiger partial charge in [0.05, 0.1) is 17.6 Å². The highest BCUT2D eigenvalue weighted by Gasteiger charge is 2.16. The van der Waals surface area contributed by atoms with Gasteiger partial charge >= 0.3 is 0 Å². The molecule has 0 spiro atoms. The summed E-state index contributed by atoms with van der Waals surface area (Å²) in [7, 11) is 0. The number of rotatable bonds is 3. The molecule has 1 aliphatic heterocycles. The average Bonchev–Trinajstić information content (AvgIpc) is 2.83. The predicted molar refractivity (Wildman–Crippen MR) is 81.1 cm³/mol. The summed E-state index contributed by atoms with van der Waals surface area (Å²) in [6.07, 6.45) is 2.54. The summed E-state index contributed by atoms with van der Waals surface area (Å²) in [6.45, 7) is 1.92. The van der Waals surface area contributed by atoms with Crippen molar-refractivity contribution in [1.29, 1.82) is 0 Å². The lowest BCUT2D eigenvalue weighted by Crippen LogP contribution is -2.46. The number of aromatic nitrogens is 2. The summed E-state index contributed by atoms with van der Waals surface area (Å²) < 4.78 is 0. The van der Waals surface area contributed by atoms with Gasteiger partial charge in [-0.2, -0.15) is 5.10 Å². The van der Waals surface area contributed by atoms with Crippen LogP contribution in [0.25, 0.3) is 10.9 Å². The third-order valence-corrected chi connectivity index (χ3v) is 3.54.